The standard InChI is InChI=1S/C22H23N5O4S/c1-3-26-19-13-18(25-20(19)21(28)27(4-2)22(26)29)15-8-10-17(11-9-15)32(30,31)24-14-16-7-5-6-12-23-16/h5-13,24-25H,3-4,14H2,1-2H3. The lowest BCUT2D eigenvalue weighted by atomic mass is 10.1. The minimum absolute atomic E-state index is 0.0885. The number of H-pyrrole nitrogens is 1. The second kappa shape index (κ2) is 8.56. The second-order valence-electron chi connectivity index (χ2n) is 7.19. The van der Waals surface area contributed by atoms with Crippen molar-refractivity contribution in [3.8, 4) is 11.3 Å². The fraction of sp³-hybridized carbons (Fsp3) is 0.227. The molecule has 0 unspecified atom stereocenters. The number of hydrogen-bond donors (Lipinski definition) is 2. The molecule has 0 bridgehead atoms. The average Bonchev–Trinajstić information content (AvgIpc) is 3.25. The van der Waals surface area contributed by atoms with Gasteiger partial charge in [-0.15, -0.1) is 0 Å². The summed E-state index contributed by atoms with van der Waals surface area (Å²) < 4.78 is 30.5. The Bertz CT molecular complexity index is 1480. The number of sulfonamides is 1. The van der Waals surface area contributed by atoms with Gasteiger partial charge in [-0.25, -0.2) is 17.9 Å². The molecular weight excluding hydrogens is 430 g/mol. The minimum atomic E-state index is -3.71. The zero-order valence-corrected chi connectivity index (χ0v) is 18.5. The van der Waals surface area contributed by atoms with Crippen LogP contribution in [-0.2, 0) is 29.7 Å². The predicted octanol–water partition coefficient (Wildman–Crippen LogP) is 2.07. The Morgan fingerprint density at radius 2 is 1.72 bits per heavy atom. The van der Waals surface area contributed by atoms with Crippen LogP contribution in [0.15, 0.2) is 69.2 Å². The summed E-state index contributed by atoms with van der Waals surface area (Å²) in [5.74, 6) is 0. The maximum Gasteiger partial charge on any atom is 0.331 e. The van der Waals surface area contributed by atoms with Crippen LogP contribution in [0.3, 0.4) is 0 Å². The van der Waals surface area contributed by atoms with Crippen molar-refractivity contribution in [3.05, 3.63) is 81.3 Å². The molecule has 0 aliphatic carbocycles. The van der Waals surface area contributed by atoms with Crippen LogP contribution in [0.4, 0.5) is 0 Å². The lowest BCUT2D eigenvalue weighted by molar-refractivity contribution is 0.580. The first-order valence-corrected chi connectivity index (χ1v) is 11.7. The largest absolute Gasteiger partial charge is 0.349 e. The number of pyridine rings is 1. The Morgan fingerprint density at radius 1 is 1.00 bits per heavy atom. The van der Waals surface area contributed by atoms with Crippen LogP contribution in [-0.4, -0.2) is 27.5 Å². The van der Waals surface area contributed by atoms with Crippen LogP contribution in [0.1, 0.15) is 19.5 Å². The molecular formula is C22H23N5O4S. The van der Waals surface area contributed by atoms with E-state index in [1.807, 2.05) is 6.92 Å². The molecule has 166 valence electrons. The van der Waals surface area contributed by atoms with Gasteiger partial charge in [-0.3, -0.25) is 18.9 Å². The molecule has 32 heavy (non-hydrogen) atoms. The van der Waals surface area contributed by atoms with Crippen LogP contribution >= 0.6 is 0 Å². The van der Waals surface area contributed by atoms with Gasteiger partial charge < -0.3 is 4.98 Å². The first kappa shape index (κ1) is 21.7. The summed E-state index contributed by atoms with van der Waals surface area (Å²) in [5, 5.41) is 0. The molecule has 0 saturated heterocycles. The van der Waals surface area contributed by atoms with Crippen molar-refractivity contribution in [2.24, 2.45) is 0 Å². The molecule has 9 nitrogen and oxygen atoms in total. The minimum Gasteiger partial charge on any atom is -0.349 e. The van der Waals surface area contributed by atoms with Gasteiger partial charge in [-0.05, 0) is 49.7 Å². The summed E-state index contributed by atoms with van der Waals surface area (Å²) in [6, 6.07) is 13.4. The number of nitrogens with zero attached hydrogens (tertiary/aromatic N) is 3. The normalized spacial score (nSPS) is 11.8. The highest BCUT2D eigenvalue weighted by molar-refractivity contribution is 7.89. The van der Waals surface area contributed by atoms with Crippen molar-refractivity contribution >= 4 is 21.1 Å². The van der Waals surface area contributed by atoms with Gasteiger partial charge in [0.2, 0.25) is 10.0 Å². The molecule has 0 saturated carbocycles. The Labute approximate surface area is 184 Å². The molecule has 4 aromatic rings. The summed E-state index contributed by atoms with van der Waals surface area (Å²) in [5.41, 5.74) is 2.08. The summed E-state index contributed by atoms with van der Waals surface area (Å²) in [7, 11) is -3.71. The molecule has 0 spiro atoms. The lowest BCUT2D eigenvalue weighted by Crippen LogP contribution is -2.39. The fourth-order valence-corrected chi connectivity index (χ4v) is 4.60. The number of benzene rings is 1. The summed E-state index contributed by atoms with van der Waals surface area (Å²) in [4.78, 5) is 32.6. The number of aryl methyl sites for hydroxylation is 1. The van der Waals surface area contributed by atoms with E-state index in [9.17, 15) is 18.0 Å². The summed E-state index contributed by atoms with van der Waals surface area (Å²) in [6.45, 7) is 4.38. The zero-order chi connectivity index (χ0) is 22.9. The number of hydrogen-bond acceptors (Lipinski definition) is 5. The van der Waals surface area contributed by atoms with E-state index in [0.717, 1.165) is 0 Å². The lowest BCUT2D eigenvalue weighted by Gasteiger charge is -2.07. The summed E-state index contributed by atoms with van der Waals surface area (Å²) >= 11 is 0. The highest BCUT2D eigenvalue weighted by atomic mass is 32.2. The molecule has 0 radical (unpaired) electrons. The van der Waals surface area contributed by atoms with Crippen LogP contribution in [0.2, 0.25) is 0 Å². The van der Waals surface area contributed by atoms with Gasteiger partial charge in [-0.1, -0.05) is 18.2 Å². The van der Waals surface area contributed by atoms with Gasteiger partial charge in [0.1, 0.15) is 5.52 Å². The number of fused-ring (bicyclic) bond motifs is 1. The quantitative estimate of drug-likeness (QED) is 0.444. The molecule has 0 atom stereocenters. The third-order valence-electron chi connectivity index (χ3n) is 5.29. The van der Waals surface area contributed by atoms with Crippen molar-refractivity contribution in [2.45, 2.75) is 38.4 Å². The number of aromatic amines is 1. The van der Waals surface area contributed by atoms with E-state index in [0.29, 0.717) is 34.5 Å². The first-order chi connectivity index (χ1) is 15.4. The molecule has 1 aromatic carbocycles. The van der Waals surface area contributed by atoms with Gasteiger partial charge in [0.05, 0.1) is 22.7 Å². The Hall–Kier alpha value is -3.50. The molecule has 10 heteroatoms. The third-order valence-corrected chi connectivity index (χ3v) is 6.70. The molecule has 0 amide bonds. The molecule has 3 heterocycles. The molecule has 3 aromatic heterocycles. The monoisotopic (exact) mass is 453 g/mol. The van der Waals surface area contributed by atoms with Gasteiger partial charge in [-0.2, -0.15) is 0 Å². The highest BCUT2D eigenvalue weighted by Crippen LogP contribution is 2.23. The maximum atomic E-state index is 12.7. The molecule has 0 aliphatic heterocycles. The van der Waals surface area contributed by atoms with Crippen LogP contribution in [0, 0.1) is 0 Å². The Kier molecular flexibility index (Phi) is 5.81. The summed E-state index contributed by atoms with van der Waals surface area (Å²) in [6.07, 6.45) is 1.60. The Morgan fingerprint density at radius 3 is 2.34 bits per heavy atom. The third kappa shape index (κ3) is 3.90. The van der Waals surface area contributed by atoms with E-state index in [2.05, 4.69) is 14.7 Å². The SMILES string of the molecule is CCn1c(=O)c2[nH]c(-c3ccc(S(=O)(=O)NCc4ccccn4)cc3)cc2n(CC)c1=O. The molecule has 2 N–H and O–H groups in total. The predicted molar refractivity (Wildman–Crippen MR) is 122 cm³/mol. The second-order valence-corrected chi connectivity index (χ2v) is 8.96. The maximum absolute atomic E-state index is 12.7. The zero-order valence-electron chi connectivity index (χ0n) is 17.7. The van der Waals surface area contributed by atoms with Gasteiger partial charge in [0.25, 0.3) is 5.56 Å². The molecule has 4 rings (SSSR count). The van der Waals surface area contributed by atoms with Gasteiger partial charge in [0, 0.05) is 25.0 Å². The van der Waals surface area contributed by atoms with Crippen LogP contribution in [0.5, 0.6) is 0 Å². The van der Waals surface area contributed by atoms with E-state index >= 15 is 0 Å². The van der Waals surface area contributed by atoms with E-state index in [4.69, 9.17) is 0 Å². The van der Waals surface area contributed by atoms with Crippen LogP contribution < -0.4 is 16.0 Å². The number of nitrogens with one attached hydrogen (secondary N) is 2. The topological polar surface area (TPSA) is 119 Å². The smallest absolute Gasteiger partial charge is 0.331 e. The van der Waals surface area contributed by atoms with Crippen molar-refractivity contribution in [3.63, 3.8) is 0 Å². The molecule has 0 fully saturated rings. The van der Waals surface area contributed by atoms with Crippen molar-refractivity contribution in [2.75, 3.05) is 0 Å². The number of rotatable bonds is 7. The van der Waals surface area contributed by atoms with Crippen LogP contribution in [0.25, 0.3) is 22.3 Å². The fourth-order valence-electron chi connectivity index (χ4n) is 3.60. The van der Waals surface area contributed by atoms with Gasteiger partial charge >= 0.3 is 5.69 Å². The number of aromatic nitrogens is 4. The van der Waals surface area contributed by atoms with Gasteiger partial charge in [0.15, 0.2) is 0 Å². The van der Waals surface area contributed by atoms with E-state index in [1.165, 1.54) is 16.7 Å². The molecule has 0 aliphatic rings. The Balaban J connectivity index is 1.66. The first-order valence-electron chi connectivity index (χ1n) is 10.2. The van der Waals surface area contributed by atoms with Crippen molar-refractivity contribution < 1.29 is 8.42 Å². The van der Waals surface area contributed by atoms with Crippen molar-refractivity contribution in [1.29, 1.82) is 0 Å². The average molecular weight is 454 g/mol. The van der Waals surface area contributed by atoms with E-state index in [1.54, 1.807) is 54.1 Å². The van der Waals surface area contributed by atoms with E-state index < -0.39 is 10.0 Å². The van der Waals surface area contributed by atoms with E-state index in [-0.39, 0.29) is 29.2 Å². The van der Waals surface area contributed by atoms with Crippen molar-refractivity contribution in [1.82, 2.24) is 23.8 Å². The highest BCUT2D eigenvalue weighted by Gasteiger charge is 2.17.